The predicted molar refractivity (Wildman–Crippen MR) is 82.2 cm³/mol. The number of nitrogens with two attached hydrogens (primary N) is 1. The molecular weight excluding hydrogens is 220 g/mol. The maximum Gasteiger partial charge on any atom is 0.0387 e. The third-order valence-electron chi connectivity index (χ3n) is 3.48. The second-order valence-electron chi connectivity index (χ2n) is 5.09. The van der Waals surface area contributed by atoms with Crippen molar-refractivity contribution in [1.29, 1.82) is 0 Å². The van der Waals surface area contributed by atoms with Crippen LogP contribution in [-0.2, 0) is 0 Å². The van der Waals surface area contributed by atoms with E-state index in [9.17, 15) is 0 Å². The Morgan fingerprint density at radius 1 is 1.06 bits per heavy atom. The van der Waals surface area contributed by atoms with Crippen LogP contribution in [0.4, 0.5) is 11.4 Å². The van der Waals surface area contributed by atoms with Crippen LogP contribution in [0.15, 0.2) is 18.2 Å². The van der Waals surface area contributed by atoms with Gasteiger partial charge in [0, 0.05) is 24.5 Å². The minimum absolute atomic E-state index is 0.910. The van der Waals surface area contributed by atoms with Gasteiger partial charge in [-0.25, -0.2) is 0 Å². The van der Waals surface area contributed by atoms with E-state index in [1.54, 1.807) is 0 Å². The van der Waals surface area contributed by atoms with Gasteiger partial charge in [0.2, 0.25) is 0 Å². The van der Waals surface area contributed by atoms with Crippen molar-refractivity contribution in [2.24, 2.45) is 0 Å². The van der Waals surface area contributed by atoms with Crippen LogP contribution in [-0.4, -0.2) is 13.1 Å². The number of aryl methyl sites for hydroxylation is 1. The smallest absolute Gasteiger partial charge is 0.0387 e. The summed E-state index contributed by atoms with van der Waals surface area (Å²) < 4.78 is 0. The number of unbranched alkanes of at least 4 members (excludes halogenated alkanes) is 1. The molecule has 18 heavy (non-hydrogen) atoms. The topological polar surface area (TPSA) is 29.3 Å². The third-order valence-corrected chi connectivity index (χ3v) is 3.48. The molecule has 0 amide bonds. The van der Waals surface area contributed by atoms with Crippen molar-refractivity contribution in [3.05, 3.63) is 23.8 Å². The normalized spacial score (nSPS) is 14.9. The molecule has 1 aromatic carbocycles. The lowest BCUT2D eigenvalue weighted by molar-refractivity contribution is 0.578. The Labute approximate surface area is 112 Å². The van der Waals surface area contributed by atoms with E-state index in [4.69, 9.17) is 5.73 Å². The van der Waals surface area contributed by atoms with Gasteiger partial charge in [0.05, 0.1) is 0 Å². The summed E-state index contributed by atoms with van der Waals surface area (Å²) in [5, 5.41) is 0. The summed E-state index contributed by atoms with van der Waals surface area (Å²) in [6.07, 6.45) is 6.64. The van der Waals surface area contributed by atoms with Crippen LogP contribution in [0.2, 0.25) is 0 Å². The monoisotopic (exact) mass is 248 g/mol. The second kappa shape index (κ2) is 8.02. The number of piperidine rings is 1. The predicted octanol–water partition coefficient (Wildman–Crippen LogP) is 4.37. The molecule has 0 aromatic heterocycles. The number of benzene rings is 1. The molecule has 1 saturated heterocycles. The fraction of sp³-hybridized carbons (Fsp3) is 0.625. The van der Waals surface area contributed by atoms with Gasteiger partial charge in [0.25, 0.3) is 0 Å². The summed E-state index contributed by atoms with van der Waals surface area (Å²) in [6, 6.07) is 6.39. The van der Waals surface area contributed by atoms with Crippen molar-refractivity contribution in [2.45, 2.75) is 52.9 Å². The summed E-state index contributed by atoms with van der Waals surface area (Å²) in [4.78, 5) is 2.43. The standard InChI is InChI=1S/C12H18N2.C4H10/c1-10-5-6-11(9-12(10)13)14-7-3-2-4-8-14;1-3-4-2/h5-6,9H,2-4,7-8,13H2,1H3;3-4H2,1-2H3. The van der Waals surface area contributed by atoms with Gasteiger partial charge in [0.15, 0.2) is 0 Å². The molecule has 2 rings (SSSR count). The molecular formula is C16H28N2. The van der Waals surface area contributed by atoms with Gasteiger partial charge in [0.1, 0.15) is 0 Å². The maximum absolute atomic E-state index is 5.90. The molecule has 0 bridgehead atoms. The molecule has 2 heteroatoms. The van der Waals surface area contributed by atoms with E-state index >= 15 is 0 Å². The van der Waals surface area contributed by atoms with Crippen LogP contribution in [0.1, 0.15) is 51.5 Å². The first-order valence-electron chi connectivity index (χ1n) is 7.30. The fourth-order valence-corrected chi connectivity index (χ4v) is 1.98. The molecule has 1 aromatic rings. The molecule has 0 saturated carbocycles. The van der Waals surface area contributed by atoms with E-state index in [0.29, 0.717) is 0 Å². The number of hydrogen-bond donors (Lipinski definition) is 1. The second-order valence-corrected chi connectivity index (χ2v) is 5.09. The average molecular weight is 248 g/mol. The number of hydrogen-bond acceptors (Lipinski definition) is 2. The average Bonchev–Trinajstić information content (AvgIpc) is 2.43. The first-order chi connectivity index (χ1) is 8.69. The Balaban J connectivity index is 0.000000357. The highest BCUT2D eigenvalue weighted by molar-refractivity contribution is 5.59. The Hall–Kier alpha value is -1.18. The van der Waals surface area contributed by atoms with Gasteiger partial charge in [-0.2, -0.15) is 0 Å². The molecule has 0 atom stereocenters. The highest BCUT2D eigenvalue weighted by atomic mass is 15.1. The number of nitrogens with zero attached hydrogens (tertiary/aromatic N) is 1. The van der Waals surface area contributed by atoms with Crippen molar-refractivity contribution >= 4 is 11.4 Å². The Kier molecular flexibility index (Phi) is 6.63. The van der Waals surface area contributed by atoms with Crippen LogP contribution in [0, 0.1) is 6.92 Å². The first-order valence-corrected chi connectivity index (χ1v) is 7.30. The minimum Gasteiger partial charge on any atom is -0.398 e. The quantitative estimate of drug-likeness (QED) is 0.787. The lowest BCUT2D eigenvalue weighted by Gasteiger charge is -2.29. The summed E-state index contributed by atoms with van der Waals surface area (Å²) in [6.45, 7) is 8.78. The molecule has 2 nitrogen and oxygen atoms in total. The molecule has 0 unspecified atom stereocenters. The zero-order valence-corrected chi connectivity index (χ0v) is 12.2. The summed E-state index contributed by atoms with van der Waals surface area (Å²) in [5.74, 6) is 0. The lowest BCUT2D eigenvalue weighted by Crippen LogP contribution is -2.29. The van der Waals surface area contributed by atoms with E-state index in [1.165, 1.54) is 56.4 Å². The first kappa shape index (κ1) is 14.9. The van der Waals surface area contributed by atoms with E-state index in [0.717, 1.165) is 5.69 Å². The van der Waals surface area contributed by atoms with Crippen LogP contribution < -0.4 is 10.6 Å². The number of anilines is 2. The van der Waals surface area contributed by atoms with Gasteiger partial charge in [-0.1, -0.05) is 32.8 Å². The molecule has 0 spiro atoms. The lowest BCUT2D eigenvalue weighted by atomic mass is 10.1. The molecule has 1 aliphatic rings. The Morgan fingerprint density at radius 2 is 1.67 bits per heavy atom. The van der Waals surface area contributed by atoms with Crippen molar-refractivity contribution in [3.63, 3.8) is 0 Å². The highest BCUT2D eigenvalue weighted by Crippen LogP contribution is 2.23. The molecule has 1 heterocycles. The molecule has 0 radical (unpaired) electrons. The van der Waals surface area contributed by atoms with E-state index in [1.807, 2.05) is 0 Å². The van der Waals surface area contributed by atoms with Gasteiger partial charge in [-0.15, -0.1) is 0 Å². The van der Waals surface area contributed by atoms with E-state index in [2.05, 4.69) is 43.9 Å². The van der Waals surface area contributed by atoms with Crippen molar-refractivity contribution in [2.75, 3.05) is 23.7 Å². The van der Waals surface area contributed by atoms with Crippen molar-refractivity contribution < 1.29 is 0 Å². The molecule has 102 valence electrons. The van der Waals surface area contributed by atoms with Gasteiger partial charge in [-0.05, 0) is 43.9 Å². The van der Waals surface area contributed by atoms with Crippen LogP contribution in [0.3, 0.4) is 0 Å². The zero-order chi connectivity index (χ0) is 13.4. The molecule has 1 fully saturated rings. The SMILES string of the molecule is CCCC.Cc1ccc(N2CCCCC2)cc1N. The molecule has 1 aliphatic heterocycles. The van der Waals surface area contributed by atoms with Gasteiger partial charge < -0.3 is 10.6 Å². The number of nitrogen functional groups attached to an aromatic ring is 1. The maximum atomic E-state index is 5.90. The van der Waals surface area contributed by atoms with E-state index < -0.39 is 0 Å². The van der Waals surface area contributed by atoms with Crippen molar-refractivity contribution in [3.8, 4) is 0 Å². The summed E-state index contributed by atoms with van der Waals surface area (Å²) >= 11 is 0. The minimum atomic E-state index is 0.910. The summed E-state index contributed by atoms with van der Waals surface area (Å²) in [5.41, 5.74) is 9.27. The van der Waals surface area contributed by atoms with Gasteiger partial charge >= 0.3 is 0 Å². The summed E-state index contributed by atoms with van der Waals surface area (Å²) in [7, 11) is 0. The van der Waals surface area contributed by atoms with Crippen molar-refractivity contribution in [1.82, 2.24) is 0 Å². The van der Waals surface area contributed by atoms with Crippen LogP contribution in [0.25, 0.3) is 0 Å². The Bertz CT molecular complexity index is 339. The third kappa shape index (κ3) is 4.59. The van der Waals surface area contributed by atoms with Gasteiger partial charge in [-0.3, -0.25) is 0 Å². The Morgan fingerprint density at radius 3 is 2.17 bits per heavy atom. The fourth-order valence-electron chi connectivity index (χ4n) is 1.98. The van der Waals surface area contributed by atoms with Crippen LogP contribution in [0.5, 0.6) is 0 Å². The molecule has 0 aliphatic carbocycles. The van der Waals surface area contributed by atoms with Crippen LogP contribution >= 0.6 is 0 Å². The zero-order valence-electron chi connectivity index (χ0n) is 12.2. The molecule has 2 N–H and O–H groups in total. The largest absolute Gasteiger partial charge is 0.398 e. The van der Waals surface area contributed by atoms with E-state index in [-0.39, 0.29) is 0 Å². The number of rotatable bonds is 2. The highest BCUT2D eigenvalue weighted by Gasteiger charge is 2.10.